The van der Waals surface area contributed by atoms with E-state index in [0.29, 0.717) is 4.48 Å². The fourth-order valence-electron chi connectivity index (χ4n) is 1.02. The Morgan fingerprint density at radius 1 is 1.23 bits per heavy atom. The third kappa shape index (κ3) is 6.38. The molecule has 0 saturated heterocycles. The number of aliphatic hydroxyl groups is 2. The van der Waals surface area contributed by atoms with Gasteiger partial charge in [0.15, 0.2) is 0 Å². The molecule has 78 valence electrons. The van der Waals surface area contributed by atoms with Crippen molar-refractivity contribution >= 4 is 31.9 Å². The Balaban J connectivity index is 3.63. The van der Waals surface area contributed by atoms with Gasteiger partial charge in [-0.25, -0.2) is 0 Å². The summed E-state index contributed by atoms with van der Waals surface area (Å²) in [5.74, 6) is -0.627. The number of halogens is 2. The molecule has 2 N–H and O–H groups in total. The number of aliphatic hydroxyl groups excluding tert-OH is 1. The predicted molar refractivity (Wildman–Crippen MR) is 62.7 cm³/mol. The Morgan fingerprint density at radius 3 is 2.31 bits per heavy atom. The molecule has 0 aliphatic carbocycles. The highest BCUT2D eigenvalue weighted by Crippen LogP contribution is 2.25. The number of unbranched alkanes of at least 4 members (excludes halogenated alkanes) is 3. The van der Waals surface area contributed by atoms with E-state index in [2.05, 4.69) is 38.8 Å². The van der Waals surface area contributed by atoms with Crippen LogP contribution in [0, 0.1) is 0 Å². The molecule has 1 atom stereocenters. The van der Waals surface area contributed by atoms with Gasteiger partial charge in [-0.2, -0.15) is 0 Å². The Morgan fingerprint density at radius 2 is 1.85 bits per heavy atom. The molecule has 0 aliphatic heterocycles. The molecule has 0 rings (SSSR count). The van der Waals surface area contributed by atoms with Crippen LogP contribution >= 0.6 is 31.9 Å². The molecular formula is C9H16Br2O2. The molecule has 0 heterocycles. The van der Waals surface area contributed by atoms with Gasteiger partial charge in [-0.1, -0.05) is 48.5 Å². The van der Waals surface area contributed by atoms with Crippen LogP contribution in [-0.4, -0.2) is 15.0 Å². The van der Waals surface area contributed by atoms with E-state index < -0.39 is 5.95 Å². The van der Waals surface area contributed by atoms with Crippen LogP contribution < -0.4 is 0 Å². The maximum absolute atomic E-state index is 8.75. The van der Waals surface area contributed by atoms with Gasteiger partial charge in [0.05, 0.1) is 9.31 Å². The fraction of sp³-hybridized carbons (Fsp3) is 0.778. The minimum Gasteiger partial charge on any atom is -0.480 e. The van der Waals surface area contributed by atoms with Gasteiger partial charge in [-0.05, 0) is 22.4 Å². The van der Waals surface area contributed by atoms with E-state index >= 15 is 0 Å². The summed E-state index contributed by atoms with van der Waals surface area (Å²) in [6.45, 7) is 2.17. The first-order valence-electron chi connectivity index (χ1n) is 4.51. The standard InChI is InChI=1S/C9H16Br2O2/c1-2-3-4-5-6-7(10)8(11)9(12)13/h7,12-13H,2-6H2,1H3. The van der Waals surface area contributed by atoms with Crippen LogP contribution in [0.1, 0.15) is 39.0 Å². The zero-order valence-electron chi connectivity index (χ0n) is 7.76. The molecular weight excluding hydrogens is 300 g/mol. The topological polar surface area (TPSA) is 40.5 Å². The van der Waals surface area contributed by atoms with Gasteiger partial charge in [0, 0.05) is 0 Å². The second kappa shape index (κ2) is 7.68. The Labute approximate surface area is 96.3 Å². The van der Waals surface area contributed by atoms with Crippen LogP contribution in [0.25, 0.3) is 0 Å². The normalized spacial score (nSPS) is 12.5. The van der Waals surface area contributed by atoms with E-state index in [1.54, 1.807) is 0 Å². The summed E-state index contributed by atoms with van der Waals surface area (Å²) in [6, 6.07) is 0. The quantitative estimate of drug-likeness (QED) is 0.433. The summed E-state index contributed by atoms with van der Waals surface area (Å²) in [7, 11) is 0. The van der Waals surface area contributed by atoms with E-state index in [1.165, 1.54) is 19.3 Å². The highest BCUT2D eigenvalue weighted by atomic mass is 79.9. The van der Waals surface area contributed by atoms with Gasteiger partial charge in [0.1, 0.15) is 0 Å². The van der Waals surface area contributed by atoms with Crippen LogP contribution in [0.3, 0.4) is 0 Å². The maximum atomic E-state index is 8.75. The molecule has 0 saturated carbocycles. The smallest absolute Gasteiger partial charge is 0.285 e. The van der Waals surface area contributed by atoms with Crippen LogP contribution in [0.5, 0.6) is 0 Å². The van der Waals surface area contributed by atoms with Crippen molar-refractivity contribution in [1.29, 1.82) is 0 Å². The van der Waals surface area contributed by atoms with Crippen LogP contribution in [0.2, 0.25) is 0 Å². The van der Waals surface area contributed by atoms with E-state index in [0.717, 1.165) is 12.8 Å². The van der Waals surface area contributed by atoms with Crippen LogP contribution in [-0.2, 0) is 0 Å². The van der Waals surface area contributed by atoms with Gasteiger partial charge in [0.25, 0.3) is 5.95 Å². The average Bonchev–Trinajstić information content (AvgIpc) is 2.10. The summed E-state index contributed by atoms with van der Waals surface area (Å²) in [6.07, 6.45) is 5.68. The molecule has 2 nitrogen and oxygen atoms in total. The van der Waals surface area contributed by atoms with E-state index in [9.17, 15) is 0 Å². The summed E-state index contributed by atoms with van der Waals surface area (Å²) in [5.41, 5.74) is 0. The zero-order valence-corrected chi connectivity index (χ0v) is 10.9. The molecule has 0 bridgehead atoms. The molecule has 0 aromatic heterocycles. The molecule has 4 heteroatoms. The lowest BCUT2D eigenvalue weighted by molar-refractivity contribution is 0.188. The lowest BCUT2D eigenvalue weighted by atomic mass is 10.1. The fourth-order valence-corrected chi connectivity index (χ4v) is 1.77. The first-order valence-corrected chi connectivity index (χ1v) is 6.22. The third-order valence-electron chi connectivity index (χ3n) is 1.80. The third-order valence-corrected chi connectivity index (χ3v) is 4.24. The maximum Gasteiger partial charge on any atom is 0.285 e. The lowest BCUT2D eigenvalue weighted by Crippen LogP contribution is -2.00. The van der Waals surface area contributed by atoms with E-state index in [4.69, 9.17) is 10.2 Å². The number of alkyl halides is 1. The summed E-state index contributed by atoms with van der Waals surface area (Å²) in [4.78, 5) is 0.0226. The van der Waals surface area contributed by atoms with Gasteiger partial charge in [-0.3, -0.25) is 0 Å². The molecule has 0 aromatic carbocycles. The monoisotopic (exact) mass is 314 g/mol. The molecule has 0 amide bonds. The Kier molecular flexibility index (Phi) is 7.86. The Bertz CT molecular complexity index is 165. The average molecular weight is 316 g/mol. The molecule has 13 heavy (non-hydrogen) atoms. The lowest BCUT2D eigenvalue weighted by Gasteiger charge is -2.07. The first kappa shape index (κ1) is 13.3. The predicted octanol–water partition coefficient (Wildman–Crippen LogP) is 4.40. The minimum absolute atomic E-state index is 0.0226. The zero-order chi connectivity index (χ0) is 10.3. The molecule has 1 unspecified atom stereocenters. The molecule has 0 spiro atoms. The van der Waals surface area contributed by atoms with Crippen molar-refractivity contribution in [2.45, 2.75) is 43.9 Å². The van der Waals surface area contributed by atoms with Crippen molar-refractivity contribution in [3.05, 3.63) is 10.4 Å². The summed E-state index contributed by atoms with van der Waals surface area (Å²) < 4.78 is 0.434. The van der Waals surface area contributed by atoms with Crippen molar-refractivity contribution in [3.8, 4) is 0 Å². The van der Waals surface area contributed by atoms with Gasteiger partial charge in [0.2, 0.25) is 0 Å². The molecule has 0 aliphatic rings. The van der Waals surface area contributed by atoms with Crippen LogP contribution in [0.4, 0.5) is 0 Å². The van der Waals surface area contributed by atoms with Crippen molar-refractivity contribution in [3.63, 3.8) is 0 Å². The van der Waals surface area contributed by atoms with Crippen molar-refractivity contribution < 1.29 is 10.2 Å². The molecule has 0 aromatic rings. The second-order valence-corrected chi connectivity index (χ2v) is 4.95. The summed E-state index contributed by atoms with van der Waals surface area (Å²) >= 11 is 6.48. The molecule has 0 fully saturated rings. The van der Waals surface area contributed by atoms with E-state index in [-0.39, 0.29) is 4.83 Å². The van der Waals surface area contributed by atoms with Crippen LogP contribution in [0.15, 0.2) is 10.4 Å². The number of hydrogen-bond acceptors (Lipinski definition) is 2. The highest BCUT2D eigenvalue weighted by molar-refractivity contribution is 9.14. The van der Waals surface area contributed by atoms with Gasteiger partial charge in [-0.15, -0.1) is 0 Å². The highest BCUT2D eigenvalue weighted by Gasteiger charge is 2.12. The Hall–Kier alpha value is 0.300. The largest absolute Gasteiger partial charge is 0.480 e. The molecule has 0 radical (unpaired) electrons. The number of hydrogen-bond donors (Lipinski definition) is 2. The number of rotatable bonds is 6. The van der Waals surface area contributed by atoms with Crippen molar-refractivity contribution in [2.75, 3.05) is 0 Å². The van der Waals surface area contributed by atoms with E-state index in [1.807, 2.05) is 0 Å². The second-order valence-electron chi connectivity index (χ2n) is 2.99. The van der Waals surface area contributed by atoms with Gasteiger partial charge < -0.3 is 10.2 Å². The number of allylic oxidation sites excluding steroid dienone is 1. The minimum atomic E-state index is -0.627. The first-order chi connectivity index (χ1) is 6.09. The SMILES string of the molecule is CCCCCCC(Br)C(Br)=C(O)O. The van der Waals surface area contributed by atoms with Gasteiger partial charge >= 0.3 is 0 Å². The summed E-state index contributed by atoms with van der Waals surface area (Å²) in [5, 5.41) is 17.5. The van der Waals surface area contributed by atoms with Crippen molar-refractivity contribution in [1.82, 2.24) is 0 Å². The van der Waals surface area contributed by atoms with Crippen molar-refractivity contribution in [2.24, 2.45) is 0 Å².